The summed E-state index contributed by atoms with van der Waals surface area (Å²) in [5.74, 6) is 0.0732. The first kappa shape index (κ1) is 12.7. The van der Waals surface area contributed by atoms with Crippen LogP contribution in [0.3, 0.4) is 0 Å². The fourth-order valence-corrected chi connectivity index (χ4v) is 3.00. The standard InChI is InChI=1S/C9H8Br2O3S/c1-3-4-14-6-5(10)8(11)15-7(6)9(12)13-2/h3H,1,4H2,2H3. The van der Waals surface area contributed by atoms with Gasteiger partial charge in [-0.25, -0.2) is 4.79 Å². The molecule has 0 saturated carbocycles. The van der Waals surface area contributed by atoms with Crippen molar-refractivity contribution in [3.8, 4) is 5.75 Å². The highest BCUT2D eigenvalue weighted by Crippen LogP contribution is 2.43. The molecule has 0 aromatic carbocycles. The second kappa shape index (κ2) is 5.67. The van der Waals surface area contributed by atoms with Crippen LogP contribution in [0.4, 0.5) is 0 Å². The number of carbonyl (C=O) groups excluding carboxylic acids is 1. The van der Waals surface area contributed by atoms with Crippen molar-refractivity contribution in [2.45, 2.75) is 0 Å². The topological polar surface area (TPSA) is 35.5 Å². The fraction of sp³-hybridized carbons (Fsp3) is 0.222. The zero-order valence-corrected chi connectivity index (χ0v) is 11.9. The number of methoxy groups -OCH3 is 1. The lowest BCUT2D eigenvalue weighted by Crippen LogP contribution is -2.02. The lowest BCUT2D eigenvalue weighted by Gasteiger charge is -2.03. The van der Waals surface area contributed by atoms with Gasteiger partial charge in [-0.2, -0.15) is 0 Å². The molecular weight excluding hydrogens is 348 g/mol. The molecule has 1 heterocycles. The predicted molar refractivity (Wildman–Crippen MR) is 66.8 cm³/mol. The summed E-state index contributed by atoms with van der Waals surface area (Å²) in [5.41, 5.74) is 0. The monoisotopic (exact) mass is 354 g/mol. The summed E-state index contributed by atoms with van der Waals surface area (Å²) in [7, 11) is 1.33. The highest BCUT2D eigenvalue weighted by Gasteiger charge is 2.22. The van der Waals surface area contributed by atoms with Gasteiger partial charge in [0.2, 0.25) is 0 Å². The molecule has 0 atom stereocenters. The molecule has 0 aliphatic rings. The Morgan fingerprint density at radius 2 is 2.27 bits per heavy atom. The van der Waals surface area contributed by atoms with Crippen molar-refractivity contribution >= 4 is 49.2 Å². The Morgan fingerprint density at radius 3 is 2.80 bits per heavy atom. The van der Waals surface area contributed by atoms with E-state index in [1.165, 1.54) is 18.4 Å². The summed E-state index contributed by atoms with van der Waals surface area (Å²) < 4.78 is 11.5. The van der Waals surface area contributed by atoms with E-state index in [0.29, 0.717) is 17.2 Å². The number of thiophene rings is 1. The molecule has 0 unspecified atom stereocenters. The maximum absolute atomic E-state index is 11.4. The number of halogens is 2. The molecule has 0 saturated heterocycles. The second-order valence-electron chi connectivity index (χ2n) is 2.44. The maximum Gasteiger partial charge on any atom is 0.351 e. The van der Waals surface area contributed by atoms with Crippen molar-refractivity contribution in [1.29, 1.82) is 0 Å². The first-order valence-corrected chi connectivity index (χ1v) is 6.31. The van der Waals surface area contributed by atoms with E-state index in [1.807, 2.05) is 0 Å². The van der Waals surface area contributed by atoms with E-state index in [9.17, 15) is 4.79 Å². The van der Waals surface area contributed by atoms with Gasteiger partial charge in [-0.3, -0.25) is 0 Å². The Balaban J connectivity index is 3.08. The van der Waals surface area contributed by atoms with Gasteiger partial charge in [0.15, 0.2) is 10.6 Å². The van der Waals surface area contributed by atoms with Crippen LogP contribution in [0.2, 0.25) is 0 Å². The van der Waals surface area contributed by atoms with Gasteiger partial charge in [-0.05, 0) is 31.9 Å². The summed E-state index contributed by atoms with van der Waals surface area (Å²) in [6, 6.07) is 0. The van der Waals surface area contributed by atoms with Gasteiger partial charge in [-0.1, -0.05) is 12.7 Å². The maximum atomic E-state index is 11.4. The molecule has 1 aromatic rings. The van der Waals surface area contributed by atoms with Gasteiger partial charge in [0.25, 0.3) is 0 Å². The van der Waals surface area contributed by atoms with E-state index < -0.39 is 5.97 Å². The van der Waals surface area contributed by atoms with E-state index >= 15 is 0 Å². The first-order valence-electron chi connectivity index (χ1n) is 3.91. The highest BCUT2D eigenvalue weighted by molar-refractivity contribution is 9.13. The molecule has 0 spiro atoms. The van der Waals surface area contributed by atoms with Crippen molar-refractivity contribution in [3.05, 3.63) is 25.8 Å². The van der Waals surface area contributed by atoms with Crippen LogP contribution in [-0.4, -0.2) is 19.7 Å². The Labute approximate surface area is 108 Å². The van der Waals surface area contributed by atoms with Crippen LogP contribution in [0.25, 0.3) is 0 Å². The van der Waals surface area contributed by atoms with Crippen LogP contribution in [0.5, 0.6) is 5.75 Å². The van der Waals surface area contributed by atoms with Crippen molar-refractivity contribution in [3.63, 3.8) is 0 Å². The third-order valence-corrected chi connectivity index (χ3v) is 4.86. The highest BCUT2D eigenvalue weighted by atomic mass is 79.9. The molecule has 0 amide bonds. The Morgan fingerprint density at radius 1 is 1.60 bits per heavy atom. The molecule has 0 radical (unpaired) electrons. The third kappa shape index (κ3) is 2.83. The zero-order chi connectivity index (χ0) is 11.4. The normalized spacial score (nSPS) is 9.80. The van der Waals surface area contributed by atoms with Gasteiger partial charge < -0.3 is 9.47 Å². The summed E-state index contributed by atoms with van der Waals surface area (Å²) in [6.45, 7) is 3.88. The average molecular weight is 356 g/mol. The van der Waals surface area contributed by atoms with E-state index in [4.69, 9.17) is 4.74 Å². The Hall–Kier alpha value is -0.330. The summed E-state index contributed by atoms with van der Waals surface area (Å²) in [4.78, 5) is 11.8. The average Bonchev–Trinajstić information content (AvgIpc) is 2.52. The fourth-order valence-electron chi connectivity index (χ4n) is 0.868. The minimum Gasteiger partial charge on any atom is -0.487 e. The molecule has 82 valence electrons. The number of hydrogen-bond acceptors (Lipinski definition) is 4. The lowest BCUT2D eigenvalue weighted by atomic mass is 10.4. The van der Waals surface area contributed by atoms with Gasteiger partial charge >= 0.3 is 5.97 Å². The Bertz CT molecular complexity index is 387. The zero-order valence-electron chi connectivity index (χ0n) is 7.88. The molecule has 0 fully saturated rings. The summed E-state index contributed by atoms with van der Waals surface area (Å²) in [5, 5.41) is 0. The van der Waals surface area contributed by atoms with Crippen LogP contribution in [0.15, 0.2) is 20.9 Å². The molecule has 1 rings (SSSR count). The molecule has 0 N–H and O–H groups in total. The van der Waals surface area contributed by atoms with E-state index in [0.717, 1.165) is 8.26 Å². The minimum absolute atomic E-state index is 0.339. The second-order valence-corrected chi connectivity index (χ2v) is 5.57. The van der Waals surface area contributed by atoms with Gasteiger partial charge in [0.1, 0.15) is 6.61 Å². The molecule has 0 aliphatic heterocycles. The smallest absolute Gasteiger partial charge is 0.351 e. The van der Waals surface area contributed by atoms with E-state index in [2.05, 4.69) is 43.2 Å². The number of ether oxygens (including phenoxy) is 2. The Kier molecular flexibility index (Phi) is 4.82. The molecule has 0 aliphatic carbocycles. The van der Waals surface area contributed by atoms with Crippen LogP contribution < -0.4 is 4.74 Å². The first-order chi connectivity index (χ1) is 7.11. The number of carbonyl (C=O) groups is 1. The van der Waals surface area contributed by atoms with Crippen molar-refractivity contribution < 1.29 is 14.3 Å². The van der Waals surface area contributed by atoms with Crippen LogP contribution in [0, 0.1) is 0 Å². The van der Waals surface area contributed by atoms with Gasteiger partial charge in [0, 0.05) is 0 Å². The molecule has 1 aromatic heterocycles. The molecule has 15 heavy (non-hydrogen) atoms. The molecular formula is C9H8Br2O3S. The van der Waals surface area contributed by atoms with Crippen LogP contribution in [0.1, 0.15) is 9.67 Å². The van der Waals surface area contributed by atoms with Crippen molar-refractivity contribution in [2.24, 2.45) is 0 Å². The predicted octanol–water partition coefficient (Wildman–Crippen LogP) is 3.62. The minimum atomic E-state index is -0.412. The van der Waals surface area contributed by atoms with Crippen LogP contribution in [-0.2, 0) is 4.74 Å². The van der Waals surface area contributed by atoms with Crippen molar-refractivity contribution in [2.75, 3.05) is 13.7 Å². The lowest BCUT2D eigenvalue weighted by molar-refractivity contribution is 0.0602. The summed E-state index contributed by atoms with van der Waals surface area (Å²) in [6.07, 6.45) is 1.61. The van der Waals surface area contributed by atoms with E-state index in [1.54, 1.807) is 6.08 Å². The van der Waals surface area contributed by atoms with Gasteiger partial charge in [0.05, 0.1) is 15.4 Å². The summed E-state index contributed by atoms with van der Waals surface area (Å²) >= 11 is 7.90. The SMILES string of the molecule is C=CCOc1c(C(=O)OC)sc(Br)c1Br. The van der Waals surface area contributed by atoms with Crippen LogP contribution >= 0.6 is 43.2 Å². The van der Waals surface area contributed by atoms with Gasteiger partial charge in [-0.15, -0.1) is 11.3 Å². The third-order valence-electron chi connectivity index (χ3n) is 1.49. The van der Waals surface area contributed by atoms with Crippen molar-refractivity contribution in [1.82, 2.24) is 0 Å². The largest absolute Gasteiger partial charge is 0.487 e. The number of esters is 1. The molecule has 0 bridgehead atoms. The van der Waals surface area contributed by atoms with E-state index in [-0.39, 0.29) is 0 Å². The number of rotatable bonds is 4. The molecule has 6 heteroatoms. The quantitative estimate of drug-likeness (QED) is 0.611. The molecule has 3 nitrogen and oxygen atoms in total. The number of hydrogen-bond donors (Lipinski definition) is 0.